The summed E-state index contributed by atoms with van der Waals surface area (Å²) < 4.78 is 5.16. The molecule has 0 saturated heterocycles. The summed E-state index contributed by atoms with van der Waals surface area (Å²) in [6.07, 6.45) is 3.03. The van der Waals surface area contributed by atoms with Crippen molar-refractivity contribution in [3.05, 3.63) is 29.8 Å². The summed E-state index contributed by atoms with van der Waals surface area (Å²) >= 11 is 0. The summed E-state index contributed by atoms with van der Waals surface area (Å²) in [5, 5.41) is 5.60. The number of anilines is 1. The minimum atomic E-state index is -0.822. The summed E-state index contributed by atoms with van der Waals surface area (Å²) in [7, 11) is 0. The van der Waals surface area contributed by atoms with E-state index in [0.717, 1.165) is 25.7 Å². The number of ether oxygens (including phenoxy) is 1. The standard InChI is InChI=1S/C17H20N2O4/c1-10(15(20)18-14-8-9-14)23-17(22)12-4-6-13(7-5-12)19-16(21)11-2-3-11/h4-7,10-11,14H,2-3,8-9H2,1H3,(H,18,20)(H,19,21). The molecule has 2 amide bonds. The van der Waals surface area contributed by atoms with E-state index < -0.39 is 12.1 Å². The van der Waals surface area contributed by atoms with Gasteiger partial charge in [-0.3, -0.25) is 9.59 Å². The number of benzene rings is 1. The Labute approximate surface area is 134 Å². The Bertz CT molecular complexity index is 618. The maximum atomic E-state index is 12.0. The first-order valence-corrected chi connectivity index (χ1v) is 7.95. The van der Waals surface area contributed by atoms with E-state index in [2.05, 4.69) is 10.6 Å². The molecule has 2 fully saturated rings. The van der Waals surface area contributed by atoms with E-state index in [4.69, 9.17) is 4.74 Å². The molecule has 0 spiro atoms. The largest absolute Gasteiger partial charge is 0.449 e. The van der Waals surface area contributed by atoms with Gasteiger partial charge < -0.3 is 15.4 Å². The van der Waals surface area contributed by atoms with Crippen molar-refractivity contribution in [1.82, 2.24) is 5.32 Å². The fourth-order valence-electron chi connectivity index (χ4n) is 2.11. The van der Waals surface area contributed by atoms with Crippen LogP contribution in [0.3, 0.4) is 0 Å². The molecule has 2 aliphatic carbocycles. The zero-order chi connectivity index (χ0) is 16.4. The normalized spacial score (nSPS) is 18.0. The monoisotopic (exact) mass is 316 g/mol. The Morgan fingerprint density at radius 1 is 1.09 bits per heavy atom. The number of esters is 1. The first kappa shape index (κ1) is 15.5. The van der Waals surface area contributed by atoms with Gasteiger partial charge in [-0.15, -0.1) is 0 Å². The summed E-state index contributed by atoms with van der Waals surface area (Å²) in [4.78, 5) is 35.5. The van der Waals surface area contributed by atoms with E-state index in [1.165, 1.54) is 0 Å². The van der Waals surface area contributed by atoms with Gasteiger partial charge in [0.25, 0.3) is 5.91 Å². The lowest BCUT2D eigenvalue weighted by Gasteiger charge is -2.13. The molecule has 2 N–H and O–H groups in total. The lowest BCUT2D eigenvalue weighted by Crippen LogP contribution is -2.37. The number of hydrogen-bond donors (Lipinski definition) is 2. The van der Waals surface area contributed by atoms with Crippen molar-refractivity contribution in [3.8, 4) is 0 Å². The van der Waals surface area contributed by atoms with Crippen LogP contribution in [0.25, 0.3) is 0 Å². The number of nitrogens with one attached hydrogen (secondary N) is 2. The highest BCUT2D eigenvalue weighted by Crippen LogP contribution is 2.30. The first-order chi connectivity index (χ1) is 11.0. The summed E-state index contributed by atoms with van der Waals surface area (Å²) in [6.45, 7) is 1.56. The molecule has 6 heteroatoms. The fraction of sp³-hybridized carbons (Fsp3) is 0.471. The molecule has 0 aliphatic heterocycles. The van der Waals surface area contributed by atoms with Crippen molar-refractivity contribution in [3.63, 3.8) is 0 Å². The number of hydrogen-bond acceptors (Lipinski definition) is 4. The molecule has 3 rings (SSSR count). The predicted octanol–water partition coefficient (Wildman–Crippen LogP) is 1.86. The third kappa shape index (κ3) is 4.31. The highest BCUT2D eigenvalue weighted by Gasteiger charge is 2.29. The Hall–Kier alpha value is -2.37. The molecule has 0 bridgehead atoms. The number of carbonyl (C=O) groups excluding carboxylic acids is 3. The molecule has 1 unspecified atom stereocenters. The maximum absolute atomic E-state index is 12.0. The molecule has 1 atom stereocenters. The molecular weight excluding hydrogens is 296 g/mol. The van der Waals surface area contributed by atoms with Crippen LogP contribution < -0.4 is 10.6 Å². The van der Waals surface area contributed by atoms with Gasteiger partial charge in [-0.1, -0.05) is 0 Å². The third-order valence-corrected chi connectivity index (χ3v) is 3.91. The topological polar surface area (TPSA) is 84.5 Å². The van der Waals surface area contributed by atoms with E-state index in [1.807, 2.05) is 0 Å². The van der Waals surface area contributed by atoms with Crippen LogP contribution in [0.5, 0.6) is 0 Å². The highest BCUT2D eigenvalue weighted by atomic mass is 16.5. The lowest BCUT2D eigenvalue weighted by atomic mass is 10.2. The molecule has 2 saturated carbocycles. The molecule has 0 aromatic heterocycles. The van der Waals surface area contributed by atoms with Crippen molar-refractivity contribution in [2.45, 2.75) is 44.8 Å². The Kier molecular flexibility index (Phi) is 4.32. The zero-order valence-electron chi connectivity index (χ0n) is 13.0. The molecule has 6 nitrogen and oxygen atoms in total. The summed E-state index contributed by atoms with van der Waals surface area (Å²) in [6, 6.07) is 6.71. The van der Waals surface area contributed by atoms with Crippen molar-refractivity contribution < 1.29 is 19.1 Å². The SMILES string of the molecule is CC(OC(=O)c1ccc(NC(=O)C2CC2)cc1)C(=O)NC1CC1. The van der Waals surface area contributed by atoms with Gasteiger partial charge >= 0.3 is 5.97 Å². The predicted molar refractivity (Wildman–Crippen MR) is 83.8 cm³/mol. The van der Waals surface area contributed by atoms with Crippen LogP contribution in [-0.4, -0.2) is 29.9 Å². The Balaban J connectivity index is 1.51. The molecule has 122 valence electrons. The van der Waals surface area contributed by atoms with Crippen LogP contribution in [0.2, 0.25) is 0 Å². The van der Waals surface area contributed by atoms with Gasteiger partial charge in [-0.05, 0) is 56.9 Å². The number of amides is 2. The van der Waals surface area contributed by atoms with Crippen LogP contribution in [0, 0.1) is 5.92 Å². The van der Waals surface area contributed by atoms with Gasteiger partial charge in [0, 0.05) is 17.6 Å². The second-order valence-corrected chi connectivity index (χ2v) is 6.17. The Morgan fingerprint density at radius 3 is 2.30 bits per heavy atom. The lowest BCUT2D eigenvalue weighted by molar-refractivity contribution is -0.129. The van der Waals surface area contributed by atoms with E-state index in [9.17, 15) is 14.4 Å². The first-order valence-electron chi connectivity index (χ1n) is 7.95. The maximum Gasteiger partial charge on any atom is 0.338 e. The van der Waals surface area contributed by atoms with Gasteiger partial charge in [0.15, 0.2) is 6.10 Å². The summed E-state index contributed by atoms with van der Waals surface area (Å²) in [5.41, 5.74) is 0.999. The van der Waals surface area contributed by atoms with E-state index in [-0.39, 0.29) is 23.8 Å². The minimum absolute atomic E-state index is 0.0192. The number of carbonyl (C=O) groups is 3. The highest BCUT2D eigenvalue weighted by molar-refractivity contribution is 5.95. The van der Waals surface area contributed by atoms with Crippen molar-refractivity contribution >= 4 is 23.5 Å². The van der Waals surface area contributed by atoms with Crippen molar-refractivity contribution in [2.24, 2.45) is 5.92 Å². The second kappa shape index (κ2) is 6.40. The smallest absolute Gasteiger partial charge is 0.338 e. The zero-order valence-corrected chi connectivity index (χ0v) is 13.0. The molecule has 23 heavy (non-hydrogen) atoms. The average Bonchev–Trinajstić information content (AvgIpc) is 3.40. The van der Waals surface area contributed by atoms with Gasteiger partial charge in [-0.2, -0.15) is 0 Å². The Morgan fingerprint density at radius 2 is 1.74 bits per heavy atom. The average molecular weight is 316 g/mol. The fourth-order valence-corrected chi connectivity index (χ4v) is 2.11. The molecule has 1 aromatic rings. The molecule has 2 aliphatic rings. The van der Waals surface area contributed by atoms with E-state index >= 15 is 0 Å². The minimum Gasteiger partial charge on any atom is -0.449 e. The van der Waals surface area contributed by atoms with E-state index in [0.29, 0.717) is 11.3 Å². The van der Waals surface area contributed by atoms with Crippen LogP contribution in [-0.2, 0) is 14.3 Å². The molecule has 0 radical (unpaired) electrons. The van der Waals surface area contributed by atoms with Crippen LogP contribution in [0.15, 0.2) is 24.3 Å². The second-order valence-electron chi connectivity index (χ2n) is 6.17. The molecule has 1 aromatic carbocycles. The number of rotatable bonds is 6. The third-order valence-electron chi connectivity index (χ3n) is 3.91. The van der Waals surface area contributed by atoms with Gasteiger partial charge in [0.1, 0.15) is 0 Å². The van der Waals surface area contributed by atoms with E-state index in [1.54, 1.807) is 31.2 Å². The van der Waals surface area contributed by atoms with Crippen molar-refractivity contribution in [2.75, 3.05) is 5.32 Å². The summed E-state index contributed by atoms with van der Waals surface area (Å²) in [5.74, 6) is -0.672. The van der Waals surface area contributed by atoms with Gasteiger partial charge in [0.05, 0.1) is 5.56 Å². The van der Waals surface area contributed by atoms with Gasteiger partial charge in [-0.25, -0.2) is 4.79 Å². The molecule has 0 heterocycles. The quantitative estimate of drug-likeness (QED) is 0.785. The molecular formula is C17H20N2O4. The van der Waals surface area contributed by atoms with Crippen LogP contribution in [0.4, 0.5) is 5.69 Å². The van der Waals surface area contributed by atoms with Crippen molar-refractivity contribution in [1.29, 1.82) is 0 Å². The van der Waals surface area contributed by atoms with Gasteiger partial charge in [0.2, 0.25) is 5.91 Å². The van der Waals surface area contributed by atoms with Crippen LogP contribution in [0.1, 0.15) is 43.0 Å². The van der Waals surface area contributed by atoms with Crippen LogP contribution >= 0.6 is 0 Å².